The summed E-state index contributed by atoms with van der Waals surface area (Å²) >= 11 is 11.7. The maximum absolute atomic E-state index is 6.17. The topological polar surface area (TPSA) is 24.1 Å². The number of halogens is 1. The van der Waals surface area contributed by atoms with Crippen LogP contribution in [0.15, 0.2) is 42.5 Å². The largest absolute Gasteiger partial charge is 0.356 e. The molecule has 2 atom stereocenters. The van der Waals surface area contributed by atoms with E-state index in [-0.39, 0.29) is 6.04 Å². The van der Waals surface area contributed by atoms with Crippen molar-refractivity contribution in [2.45, 2.75) is 52.5 Å². The van der Waals surface area contributed by atoms with Gasteiger partial charge in [0.1, 0.15) is 0 Å². The van der Waals surface area contributed by atoms with E-state index in [2.05, 4.69) is 55.7 Å². The minimum atomic E-state index is 0.187. The summed E-state index contributed by atoms with van der Waals surface area (Å²) in [6, 6.07) is 14.9. The third-order valence-corrected chi connectivity index (χ3v) is 5.29. The molecule has 2 unspecified atom stereocenters. The maximum Gasteiger partial charge on any atom is 0.171 e. The summed E-state index contributed by atoms with van der Waals surface area (Å²) in [6.45, 7) is 8.62. The summed E-state index contributed by atoms with van der Waals surface area (Å²) in [4.78, 5) is 0. The van der Waals surface area contributed by atoms with Crippen molar-refractivity contribution in [3.8, 4) is 0 Å². The van der Waals surface area contributed by atoms with E-state index in [9.17, 15) is 0 Å². The smallest absolute Gasteiger partial charge is 0.171 e. The van der Waals surface area contributed by atoms with Crippen LogP contribution < -0.4 is 10.6 Å². The van der Waals surface area contributed by atoms with Crippen LogP contribution in [0.1, 0.15) is 62.3 Å². The molecule has 0 spiro atoms. The van der Waals surface area contributed by atoms with Gasteiger partial charge in [-0.25, -0.2) is 0 Å². The first-order valence-electron chi connectivity index (χ1n) is 8.88. The highest BCUT2D eigenvalue weighted by Gasteiger charge is 2.12. The molecular weight excluding hydrogens is 348 g/mol. The highest BCUT2D eigenvalue weighted by molar-refractivity contribution is 7.80. The number of nitrogens with one attached hydrogen (secondary N) is 2. The summed E-state index contributed by atoms with van der Waals surface area (Å²) in [7, 11) is 0. The predicted octanol–water partition coefficient (Wildman–Crippen LogP) is 6.60. The number of aryl methyl sites for hydroxylation is 1. The molecule has 134 valence electrons. The van der Waals surface area contributed by atoms with Gasteiger partial charge in [-0.15, -0.1) is 0 Å². The summed E-state index contributed by atoms with van der Waals surface area (Å²) < 4.78 is 0. The van der Waals surface area contributed by atoms with E-state index in [0.29, 0.717) is 11.0 Å². The molecule has 0 fully saturated rings. The molecule has 4 heteroatoms. The van der Waals surface area contributed by atoms with Crippen molar-refractivity contribution < 1.29 is 0 Å². The molecule has 0 heterocycles. The fraction of sp³-hybridized carbons (Fsp3) is 0.381. The number of benzene rings is 2. The van der Waals surface area contributed by atoms with Gasteiger partial charge in [0, 0.05) is 10.7 Å². The Kier molecular flexibility index (Phi) is 7.27. The first-order chi connectivity index (χ1) is 11.9. The Hall–Kier alpha value is -1.58. The fourth-order valence-corrected chi connectivity index (χ4v) is 3.15. The van der Waals surface area contributed by atoms with Gasteiger partial charge in [0.05, 0.1) is 6.04 Å². The standard InChI is InChI=1S/C21H27ClN2S/c1-5-14(3)16-8-10-17(11-9-16)20(6-2)24-21(25)23-18-12-7-15(4)19(22)13-18/h7-14,20H,5-6H2,1-4H3,(H2,23,24,25). The second kappa shape index (κ2) is 9.21. The molecule has 0 aliphatic carbocycles. The second-order valence-electron chi connectivity index (χ2n) is 6.50. The fourth-order valence-electron chi connectivity index (χ4n) is 2.71. The Morgan fingerprint density at radius 3 is 2.24 bits per heavy atom. The van der Waals surface area contributed by atoms with Crippen molar-refractivity contribution >= 4 is 34.6 Å². The zero-order chi connectivity index (χ0) is 18.4. The average molecular weight is 375 g/mol. The maximum atomic E-state index is 6.17. The van der Waals surface area contributed by atoms with Gasteiger partial charge in [-0.05, 0) is 66.7 Å². The zero-order valence-corrected chi connectivity index (χ0v) is 17.0. The average Bonchev–Trinajstić information content (AvgIpc) is 2.62. The van der Waals surface area contributed by atoms with Crippen LogP contribution in [0.3, 0.4) is 0 Å². The van der Waals surface area contributed by atoms with Gasteiger partial charge >= 0.3 is 0 Å². The lowest BCUT2D eigenvalue weighted by molar-refractivity contribution is 0.628. The number of anilines is 1. The van der Waals surface area contributed by atoms with Crippen LogP contribution >= 0.6 is 23.8 Å². The molecule has 0 bridgehead atoms. The Morgan fingerprint density at radius 1 is 1.04 bits per heavy atom. The van der Waals surface area contributed by atoms with Gasteiger partial charge in [0.25, 0.3) is 0 Å². The summed E-state index contributed by atoms with van der Waals surface area (Å²) in [5.74, 6) is 0.594. The van der Waals surface area contributed by atoms with Crippen LogP contribution in [-0.2, 0) is 0 Å². The third-order valence-electron chi connectivity index (χ3n) is 4.66. The van der Waals surface area contributed by atoms with Gasteiger partial charge in [0.15, 0.2) is 5.11 Å². The van der Waals surface area contributed by atoms with Gasteiger partial charge in [-0.2, -0.15) is 0 Å². The normalized spacial score (nSPS) is 13.2. The summed E-state index contributed by atoms with van der Waals surface area (Å²) in [5, 5.41) is 7.97. The number of hydrogen-bond donors (Lipinski definition) is 2. The molecular formula is C21H27ClN2S. The molecule has 0 saturated carbocycles. The molecule has 0 aromatic heterocycles. The molecule has 25 heavy (non-hydrogen) atoms. The van der Waals surface area contributed by atoms with Crippen LogP contribution in [-0.4, -0.2) is 5.11 Å². The molecule has 0 aliphatic rings. The van der Waals surface area contributed by atoms with Crippen LogP contribution in [0, 0.1) is 6.92 Å². The third kappa shape index (κ3) is 5.45. The Labute approximate surface area is 162 Å². The molecule has 2 nitrogen and oxygen atoms in total. The van der Waals surface area contributed by atoms with E-state index in [1.807, 2.05) is 25.1 Å². The van der Waals surface area contributed by atoms with Crippen LogP contribution in [0.2, 0.25) is 5.02 Å². The highest BCUT2D eigenvalue weighted by Crippen LogP contribution is 2.23. The van der Waals surface area contributed by atoms with E-state index in [0.717, 1.165) is 29.1 Å². The Balaban J connectivity index is 2.02. The van der Waals surface area contributed by atoms with Crippen molar-refractivity contribution in [2.24, 2.45) is 0 Å². The molecule has 0 radical (unpaired) electrons. The van der Waals surface area contributed by atoms with E-state index >= 15 is 0 Å². The van der Waals surface area contributed by atoms with Crippen LogP contribution in [0.5, 0.6) is 0 Å². The van der Waals surface area contributed by atoms with E-state index in [1.165, 1.54) is 11.1 Å². The van der Waals surface area contributed by atoms with Gasteiger partial charge < -0.3 is 10.6 Å². The lowest BCUT2D eigenvalue weighted by Crippen LogP contribution is -2.32. The number of hydrogen-bond acceptors (Lipinski definition) is 1. The minimum Gasteiger partial charge on any atom is -0.356 e. The Morgan fingerprint density at radius 2 is 1.68 bits per heavy atom. The first-order valence-corrected chi connectivity index (χ1v) is 9.66. The summed E-state index contributed by atoms with van der Waals surface area (Å²) in [6.07, 6.45) is 2.11. The quantitative estimate of drug-likeness (QED) is 0.557. The monoisotopic (exact) mass is 374 g/mol. The van der Waals surface area contributed by atoms with E-state index < -0.39 is 0 Å². The van der Waals surface area contributed by atoms with Gasteiger partial charge in [-0.3, -0.25) is 0 Å². The molecule has 2 rings (SSSR count). The SMILES string of the molecule is CCC(C)c1ccc(C(CC)NC(=S)Nc2ccc(C)c(Cl)c2)cc1. The molecule has 2 aromatic rings. The van der Waals surface area contributed by atoms with Gasteiger partial charge in [0.2, 0.25) is 0 Å². The van der Waals surface area contributed by atoms with Crippen LogP contribution in [0.25, 0.3) is 0 Å². The molecule has 0 saturated heterocycles. The number of thiocarbonyl (C=S) groups is 1. The Bertz CT molecular complexity index is 712. The first kappa shape index (κ1) is 19.7. The molecule has 2 aromatic carbocycles. The molecule has 0 amide bonds. The number of rotatable bonds is 6. The highest BCUT2D eigenvalue weighted by atomic mass is 35.5. The second-order valence-corrected chi connectivity index (χ2v) is 7.31. The minimum absolute atomic E-state index is 0.187. The van der Waals surface area contributed by atoms with Crippen molar-refractivity contribution in [3.63, 3.8) is 0 Å². The summed E-state index contributed by atoms with van der Waals surface area (Å²) in [5.41, 5.74) is 4.59. The molecule has 0 aliphatic heterocycles. The molecule has 2 N–H and O–H groups in total. The van der Waals surface area contributed by atoms with Crippen LogP contribution in [0.4, 0.5) is 5.69 Å². The lowest BCUT2D eigenvalue weighted by Gasteiger charge is -2.21. The van der Waals surface area contributed by atoms with Crippen molar-refractivity contribution in [3.05, 3.63) is 64.2 Å². The van der Waals surface area contributed by atoms with E-state index in [4.69, 9.17) is 23.8 Å². The van der Waals surface area contributed by atoms with E-state index in [1.54, 1.807) is 0 Å². The van der Waals surface area contributed by atoms with Crippen molar-refractivity contribution in [1.82, 2.24) is 5.32 Å². The van der Waals surface area contributed by atoms with Crippen molar-refractivity contribution in [2.75, 3.05) is 5.32 Å². The zero-order valence-electron chi connectivity index (χ0n) is 15.4. The van der Waals surface area contributed by atoms with Crippen molar-refractivity contribution in [1.29, 1.82) is 0 Å². The predicted molar refractivity (Wildman–Crippen MR) is 114 cm³/mol. The van der Waals surface area contributed by atoms with Gasteiger partial charge in [-0.1, -0.05) is 62.7 Å². The lowest BCUT2D eigenvalue weighted by atomic mass is 9.95.